The van der Waals surface area contributed by atoms with Crippen molar-refractivity contribution >= 4 is 16.6 Å². The lowest BCUT2D eigenvalue weighted by Crippen LogP contribution is -2.14. The van der Waals surface area contributed by atoms with E-state index >= 15 is 0 Å². The predicted molar refractivity (Wildman–Crippen MR) is 74.0 cm³/mol. The maximum Gasteiger partial charge on any atom is 0.434 e. The Morgan fingerprint density at radius 1 is 1.41 bits per heavy atom. The normalized spacial score (nSPS) is 15.7. The molecule has 0 bridgehead atoms. The average Bonchev–Trinajstić information content (AvgIpc) is 2.85. The standard InChI is InChI=1S/C15H12F3N3O/c1-8-6-11-13(20-8)12(9-2-4-22-5-3-9)10(7-19)14(21-11)15(16,17)18/h2,6,20H,3-5H2,1H3. The number of H-pyrrole nitrogens is 1. The summed E-state index contributed by atoms with van der Waals surface area (Å²) in [5.74, 6) is 0. The Bertz CT molecular complexity index is 812. The van der Waals surface area contributed by atoms with Gasteiger partial charge in [0.25, 0.3) is 0 Å². The highest BCUT2D eigenvalue weighted by Gasteiger charge is 2.38. The van der Waals surface area contributed by atoms with E-state index in [0.29, 0.717) is 36.4 Å². The maximum atomic E-state index is 13.2. The molecular formula is C15H12F3N3O. The number of aromatic nitrogens is 2. The molecule has 0 saturated carbocycles. The second-order valence-corrected chi connectivity index (χ2v) is 5.09. The van der Waals surface area contributed by atoms with E-state index in [9.17, 15) is 18.4 Å². The molecular weight excluding hydrogens is 295 g/mol. The number of alkyl halides is 3. The van der Waals surface area contributed by atoms with Crippen LogP contribution in [0.2, 0.25) is 0 Å². The van der Waals surface area contributed by atoms with Gasteiger partial charge in [-0.05, 0) is 25.0 Å². The van der Waals surface area contributed by atoms with Gasteiger partial charge in [0.15, 0.2) is 5.69 Å². The molecule has 0 atom stereocenters. The van der Waals surface area contributed by atoms with E-state index in [0.717, 1.165) is 0 Å². The maximum absolute atomic E-state index is 13.2. The lowest BCUT2D eigenvalue weighted by molar-refractivity contribution is -0.141. The number of ether oxygens (including phenoxy) is 1. The first-order valence-corrected chi connectivity index (χ1v) is 6.69. The van der Waals surface area contributed by atoms with E-state index in [1.807, 2.05) is 0 Å². The lowest BCUT2D eigenvalue weighted by atomic mass is 9.94. The van der Waals surface area contributed by atoms with Crippen molar-refractivity contribution in [2.75, 3.05) is 13.2 Å². The molecule has 3 rings (SSSR count). The van der Waals surface area contributed by atoms with Crippen LogP contribution in [-0.2, 0) is 10.9 Å². The molecule has 0 unspecified atom stereocenters. The summed E-state index contributed by atoms with van der Waals surface area (Å²) in [6.45, 7) is 2.48. The van der Waals surface area contributed by atoms with Crippen LogP contribution in [-0.4, -0.2) is 23.2 Å². The Morgan fingerprint density at radius 2 is 2.18 bits per heavy atom. The molecule has 0 saturated heterocycles. The zero-order valence-electron chi connectivity index (χ0n) is 11.7. The number of hydrogen-bond acceptors (Lipinski definition) is 3. The Labute approximate surface area is 124 Å². The van der Waals surface area contributed by atoms with Crippen LogP contribution in [0, 0.1) is 18.3 Å². The largest absolute Gasteiger partial charge is 0.434 e. The highest BCUT2D eigenvalue weighted by Crippen LogP contribution is 2.38. The summed E-state index contributed by atoms with van der Waals surface area (Å²) in [5.41, 5.74) is 0.777. The smallest absolute Gasteiger partial charge is 0.377 e. The van der Waals surface area contributed by atoms with Crippen LogP contribution in [0.4, 0.5) is 13.2 Å². The highest BCUT2D eigenvalue weighted by molar-refractivity contribution is 5.93. The fourth-order valence-corrected chi connectivity index (χ4v) is 2.66. The highest BCUT2D eigenvalue weighted by atomic mass is 19.4. The second kappa shape index (κ2) is 5.14. The topological polar surface area (TPSA) is 61.7 Å². The lowest BCUT2D eigenvalue weighted by Gasteiger charge is -2.18. The minimum atomic E-state index is -4.68. The van der Waals surface area contributed by atoms with E-state index < -0.39 is 17.4 Å². The van der Waals surface area contributed by atoms with Crippen molar-refractivity contribution in [1.82, 2.24) is 9.97 Å². The van der Waals surface area contributed by atoms with Gasteiger partial charge in [-0.2, -0.15) is 18.4 Å². The number of hydrogen-bond donors (Lipinski definition) is 1. The Hall–Kier alpha value is -2.33. The third-order valence-corrected chi connectivity index (χ3v) is 3.57. The first-order chi connectivity index (χ1) is 10.4. The van der Waals surface area contributed by atoms with Gasteiger partial charge in [0.05, 0.1) is 29.8 Å². The van der Waals surface area contributed by atoms with Gasteiger partial charge in [-0.15, -0.1) is 0 Å². The summed E-state index contributed by atoms with van der Waals surface area (Å²) < 4.78 is 45.0. The van der Waals surface area contributed by atoms with Crippen molar-refractivity contribution in [1.29, 1.82) is 5.26 Å². The quantitative estimate of drug-likeness (QED) is 0.876. The van der Waals surface area contributed by atoms with Gasteiger partial charge in [-0.1, -0.05) is 6.08 Å². The Balaban J connectivity index is 2.40. The Kier molecular flexibility index (Phi) is 3.41. The van der Waals surface area contributed by atoms with E-state index in [-0.39, 0.29) is 11.1 Å². The molecule has 0 spiro atoms. The number of nitriles is 1. The Morgan fingerprint density at radius 3 is 2.77 bits per heavy atom. The van der Waals surface area contributed by atoms with Crippen molar-refractivity contribution in [2.45, 2.75) is 19.5 Å². The summed E-state index contributed by atoms with van der Waals surface area (Å²) in [5, 5.41) is 9.30. The minimum Gasteiger partial charge on any atom is -0.377 e. The number of rotatable bonds is 1. The van der Waals surface area contributed by atoms with Gasteiger partial charge in [-0.25, -0.2) is 4.98 Å². The molecule has 1 aliphatic rings. The molecule has 1 aliphatic heterocycles. The number of pyridine rings is 1. The average molecular weight is 307 g/mol. The molecule has 3 heterocycles. The van der Waals surface area contributed by atoms with Crippen molar-refractivity contribution in [3.8, 4) is 6.07 Å². The molecule has 0 radical (unpaired) electrons. The molecule has 0 aliphatic carbocycles. The van der Waals surface area contributed by atoms with Crippen LogP contribution in [0.15, 0.2) is 12.1 Å². The van der Waals surface area contributed by atoms with Crippen LogP contribution < -0.4 is 0 Å². The fraction of sp³-hybridized carbons (Fsp3) is 0.333. The molecule has 4 nitrogen and oxygen atoms in total. The predicted octanol–water partition coefficient (Wildman–Crippen LogP) is 3.57. The minimum absolute atomic E-state index is 0.214. The van der Waals surface area contributed by atoms with Gasteiger partial charge in [-0.3, -0.25) is 0 Å². The zero-order chi connectivity index (χ0) is 15.9. The molecule has 22 heavy (non-hydrogen) atoms. The number of nitrogens with one attached hydrogen (secondary N) is 1. The van der Waals surface area contributed by atoms with Gasteiger partial charge in [0.1, 0.15) is 6.07 Å². The molecule has 0 aromatic carbocycles. The molecule has 1 N–H and O–H groups in total. The number of aryl methyl sites for hydroxylation is 1. The summed E-state index contributed by atoms with van der Waals surface area (Å²) >= 11 is 0. The van der Waals surface area contributed by atoms with Crippen LogP contribution in [0.25, 0.3) is 16.6 Å². The van der Waals surface area contributed by atoms with Gasteiger partial charge in [0.2, 0.25) is 0 Å². The van der Waals surface area contributed by atoms with E-state index in [1.54, 1.807) is 25.1 Å². The summed E-state index contributed by atoms with van der Waals surface area (Å²) in [7, 11) is 0. The fourth-order valence-electron chi connectivity index (χ4n) is 2.66. The van der Waals surface area contributed by atoms with Crippen LogP contribution >= 0.6 is 0 Å². The van der Waals surface area contributed by atoms with Crippen molar-refractivity contribution in [3.63, 3.8) is 0 Å². The third kappa shape index (κ3) is 2.35. The first-order valence-electron chi connectivity index (χ1n) is 6.69. The molecule has 0 amide bonds. The number of halogens is 3. The van der Waals surface area contributed by atoms with E-state index in [1.165, 1.54) is 0 Å². The number of aromatic amines is 1. The zero-order valence-corrected chi connectivity index (χ0v) is 11.7. The number of nitrogens with zero attached hydrogens (tertiary/aromatic N) is 2. The summed E-state index contributed by atoms with van der Waals surface area (Å²) in [4.78, 5) is 6.67. The SMILES string of the molecule is Cc1cc2nc(C(F)(F)F)c(C#N)c(C3=CCOCC3)c2[nH]1. The van der Waals surface area contributed by atoms with Gasteiger partial charge >= 0.3 is 6.18 Å². The van der Waals surface area contributed by atoms with Gasteiger partial charge < -0.3 is 9.72 Å². The first kappa shape index (κ1) is 14.6. The molecule has 0 fully saturated rings. The summed E-state index contributed by atoms with van der Waals surface area (Å²) in [6.07, 6.45) is -2.50. The molecule has 2 aromatic heterocycles. The molecule has 114 valence electrons. The van der Waals surface area contributed by atoms with Crippen LogP contribution in [0.3, 0.4) is 0 Å². The van der Waals surface area contributed by atoms with Crippen molar-refractivity contribution in [2.24, 2.45) is 0 Å². The van der Waals surface area contributed by atoms with Gasteiger partial charge in [0, 0.05) is 11.3 Å². The van der Waals surface area contributed by atoms with Crippen LogP contribution in [0.1, 0.15) is 28.9 Å². The summed E-state index contributed by atoms with van der Waals surface area (Å²) in [6, 6.07) is 3.24. The van der Waals surface area contributed by atoms with E-state index in [4.69, 9.17) is 4.74 Å². The van der Waals surface area contributed by atoms with Crippen molar-refractivity contribution < 1.29 is 17.9 Å². The third-order valence-electron chi connectivity index (χ3n) is 3.57. The molecule has 7 heteroatoms. The number of fused-ring (bicyclic) bond motifs is 1. The monoisotopic (exact) mass is 307 g/mol. The van der Waals surface area contributed by atoms with Crippen molar-refractivity contribution in [3.05, 3.63) is 34.7 Å². The van der Waals surface area contributed by atoms with Crippen LogP contribution in [0.5, 0.6) is 0 Å². The second-order valence-electron chi connectivity index (χ2n) is 5.09. The molecule has 2 aromatic rings. The van der Waals surface area contributed by atoms with E-state index in [2.05, 4.69) is 9.97 Å².